The number of amides is 1. The number of carbonyl (C=O) groups is 2. The van der Waals surface area contributed by atoms with Crippen molar-refractivity contribution in [2.75, 3.05) is 17.7 Å². The third-order valence-corrected chi connectivity index (χ3v) is 7.23. The number of rotatable bonds is 7. The number of nitrogens with one attached hydrogen (secondary N) is 1. The maximum atomic E-state index is 12.8. The summed E-state index contributed by atoms with van der Waals surface area (Å²) in [6, 6.07) is 17.0. The highest BCUT2D eigenvalue weighted by Crippen LogP contribution is 2.35. The van der Waals surface area contributed by atoms with Crippen molar-refractivity contribution in [3.63, 3.8) is 0 Å². The van der Waals surface area contributed by atoms with Crippen molar-refractivity contribution in [1.29, 1.82) is 0 Å². The van der Waals surface area contributed by atoms with Crippen molar-refractivity contribution in [1.82, 2.24) is 0 Å². The molecule has 1 aromatic heterocycles. The number of esters is 1. The van der Waals surface area contributed by atoms with Gasteiger partial charge in [-0.05, 0) is 36.8 Å². The molecule has 156 valence electrons. The predicted octanol–water partition coefficient (Wildman–Crippen LogP) is 4.64. The van der Waals surface area contributed by atoms with Gasteiger partial charge in [-0.2, -0.15) is 0 Å². The van der Waals surface area contributed by atoms with Crippen LogP contribution in [0.5, 0.6) is 0 Å². The fourth-order valence-corrected chi connectivity index (χ4v) is 4.71. The van der Waals surface area contributed by atoms with E-state index in [4.69, 9.17) is 4.74 Å². The number of hydrogen-bond acceptors (Lipinski definition) is 6. The lowest BCUT2D eigenvalue weighted by Gasteiger charge is -2.08. The zero-order valence-electron chi connectivity index (χ0n) is 16.5. The van der Waals surface area contributed by atoms with Gasteiger partial charge in [0.1, 0.15) is 4.88 Å². The smallest absolute Gasteiger partial charge is 0.350 e. The summed E-state index contributed by atoms with van der Waals surface area (Å²) >= 11 is 1.22. The van der Waals surface area contributed by atoms with Crippen LogP contribution >= 0.6 is 11.3 Å². The van der Waals surface area contributed by atoms with E-state index >= 15 is 0 Å². The van der Waals surface area contributed by atoms with Gasteiger partial charge in [-0.1, -0.05) is 43.3 Å². The molecular formula is C22H21NO5S2. The maximum absolute atomic E-state index is 12.8. The van der Waals surface area contributed by atoms with Crippen molar-refractivity contribution < 1.29 is 22.7 Å². The minimum Gasteiger partial charge on any atom is -0.462 e. The highest BCUT2D eigenvalue weighted by Gasteiger charge is 2.21. The largest absolute Gasteiger partial charge is 0.462 e. The van der Waals surface area contributed by atoms with Gasteiger partial charge in [0.05, 0.1) is 22.9 Å². The van der Waals surface area contributed by atoms with Crippen LogP contribution in [0.3, 0.4) is 0 Å². The second-order valence-corrected chi connectivity index (χ2v) is 9.66. The molecule has 8 heteroatoms. The molecular weight excluding hydrogens is 422 g/mol. The number of sulfone groups is 1. The van der Waals surface area contributed by atoms with Gasteiger partial charge in [0.2, 0.25) is 0 Å². The zero-order chi connectivity index (χ0) is 21.7. The molecule has 0 aliphatic rings. The molecule has 6 nitrogen and oxygen atoms in total. The van der Waals surface area contributed by atoms with E-state index in [0.29, 0.717) is 5.69 Å². The molecule has 0 spiro atoms. The van der Waals surface area contributed by atoms with E-state index in [0.717, 1.165) is 10.4 Å². The van der Waals surface area contributed by atoms with Gasteiger partial charge in [-0.25, -0.2) is 13.2 Å². The Bertz CT molecular complexity index is 1170. The molecule has 3 aromatic rings. The Morgan fingerprint density at radius 3 is 2.40 bits per heavy atom. The van der Waals surface area contributed by atoms with E-state index in [9.17, 15) is 18.0 Å². The zero-order valence-corrected chi connectivity index (χ0v) is 18.2. The molecule has 1 N–H and O–H groups in total. The third kappa shape index (κ3) is 4.77. The minimum absolute atomic E-state index is 0.0595. The molecule has 0 radical (unpaired) electrons. The van der Waals surface area contributed by atoms with Gasteiger partial charge < -0.3 is 10.1 Å². The third-order valence-electron chi connectivity index (χ3n) is 4.33. The molecule has 0 saturated heterocycles. The summed E-state index contributed by atoms with van der Waals surface area (Å²) in [7, 11) is -3.44. The lowest BCUT2D eigenvalue weighted by molar-refractivity contribution is 0.0533. The summed E-state index contributed by atoms with van der Waals surface area (Å²) in [6.45, 7) is 3.47. The molecule has 3 rings (SSSR count). The first-order chi connectivity index (χ1) is 14.4. The van der Waals surface area contributed by atoms with Gasteiger partial charge in [0, 0.05) is 10.4 Å². The topological polar surface area (TPSA) is 89.5 Å². The van der Waals surface area contributed by atoms with Crippen molar-refractivity contribution >= 4 is 38.7 Å². The lowest BCUT2D eigenvalue weighted by Crippen LogP contribution is -2.15. The molecule has 0 aliphatic heterocycles. The van der Waals surface area contributed by atoms with E-state index < -0.39 is 21.7 Å². The normalized spacial score (nSPS) is 11.1. The quantitative estimate of drug-likeness (QED) is 0.538. The van der Waals surface area contributed by atoms with Crippen LogP contribution in [-0.4, -0.2) is 32.7 Å². The summed E-state index contributed by atoms with van der Waals surface area (Å²) in [5, 5.41) is 2.73. The molecule has 0 aliphatic carbocycles. The highest BCUT2D eigenvalue weighted by atomic mass is 32.2. The average Bonchev–Trinajstić information content (AvgIpc) is 3.18. The van der Waals surface area contributed by atoms with Gasteiger partial charge >= 0.3 is 5.97 Å². The minimum atomic E-state index is -3.44. The molecule has 30 heavy (non-hydrogen) atoms. The fourth-order valence-electron chi connectivity index (χ4n) is 2.77. The maximum Gasteiger partial charge on any atom is 0.350 e. The van der Waals surface area contributed by atoms with Crippen molar-refractivity contribution in [2.45, 2.75) is 18.7 Å². The van der Waals surface area contributed by atoms with Crippen LogP contribution in [-0.2, 0) is 14.6 Å². The van der Waals surface area contributed by atoms with E-state index in [2.05, 4.69) is 5.32 Å². The van der Waals surface area contributed by atoms with Crippen LogP contribution < -0.4 is 5.32 Å². The Balaban J connectivity index is 1.95. The predicted molar refractivity (Wildman–Crippen MR) is 118 cm³/mol. The summed E-state index contributed by atoms with van der Waals surface area (Å²) in [5.41, 5.74) is 1.42. The highest BCUT2D eigenvalue weighted by molar-refractivity contribution is 7.91. The van der Waals surface area contributed by atoms with Crippen molar-refractivity contribution in [3.05, 3.63) is 71.1 Å². The molecule has 1 amide bonds. The number of ether oxygens (including phenoxy) is 1. The van der Waals surface area contributed by atoms with Gasteiger partial charge in [0.25, 0.3) is 5.91 Å². The summed E-state index contributed by atoms with van der Waals surface area (Å²) in [5.74, 6) is -1.09. The molecule has 1 heterocycles. The Labute approximate surface area is 179 Å². The van der Waals surface area contributed by atoms with Gasteiger partial charge in [0.15, 0.2) is 9.84 Å². The second-order valence-electron chi connectivity index (χ2n) is 6.33. The van der Waals surface area contributed by atoms with Crippen molar-refractivity contribution in [3.8, 4) is 10.4 Å². The molecule has 0 unspecified atom stereocenters. The molecule has 0 atom stereocenters. The fraction of sp³-hybridized carbons (Fsp3) is 0.182. The number of thiophene rings is 1. The Morgan fingerprint density at radius 1 is 1.00 bits per heavy atom. The summed E-state index contributed by atoms with van der Waals surface area (Å²) in [6.07, 6.45) is 0. The summed E-state index contributed by atoms with van der Waals surface area (Å²) < 4.78 is 29.4. The standard InChI is InChI=1S/C22H21NO5S2/c1-3-28-22(25)20-18(14-19(29-20)15-9-6-5-7-10-15)23-21(24)16-11-8-12-17(13-16)30(26,27)4-2/h5-14H,3-4H2,1-2H3,(H,23,24). The lowest BCUT2D eigenvalue weighted by atomic mass is 10.2. The first-order valence-electron chi connectivity index (χ1n) is 9.36. The Morgan fingerprint density at radius 2 is 1.73 bits per heavy atom. The van der Waals surface area contributed by atoms with E-state index in [1.165, 1.54) is 35.6 Å². The first kappa shape index (κ1) is 21.7. The van der Waals surface area contributed by atoms with Crippen LogP contribution in [0.25, 0.3) is 10.4 Å². The van der Waals surface area contributed by atoms with Gasteiger partial charge in [-0.15, -0.1) is 11.3 Å². The van der Waals surface area contributed by atoms with Gasteiger partial charge in [-0.3, -0.25) is 4.79 Å². The number of anilines is 1. The van der Waals surface area contributed by atoms with Crippen LogP contribution in [0, 0.1) is 0 Å². The molecule has 2 aromatic carbocycles. The summed E-state index contributed by atoms with van der Waals surface area (Å²) in [4.78, 5) is 26.4. The molecule has 0 bridgehead atoms. The van der Waals surface area contributed by atoms with Crippen LogP contribution in [0.15, 0.2) is 65.6 Å². The van der Waals surface area contributed by atoms with E-state index in [-0.39, 0.29) is 27.7 Å². The first-order valence-corrected chi connectivity index (χ1v) is 11.8. The number of benzene rings is 2. The van der Waals surface area contributed by atoms with Crippen molar-refractivity contribution in [2.24, 2.45) is 0 Å². The molecule has 0 saturated carbocycles. The average molecular weight is 444 g/mol. The molecule has 0 fully saturated rings. The monoisotopic (exact) mass is 443 g/mol. The van der Waals surface area contributed by atoms with E-state index in [1.807, 2.05) is 30.3 Å². The van der Waals surface area contributed by atoms with Crippen LogP contribution in [0.2, 0.25) is 0 Å². The number of hydrogen-bond donors (Lipinski definition) is 1. The second kappa shape index (κ2) is 9.23. The number of carbonyl (C=O) groups excluding carboxylic acids is 2. The van der Waals surface area contributed by atoms with Crippen LogP contribution in [0.4, 0.5) is 5.69 Å². The van der Waals surface area contributed by atoms with E-state index in [1.54, 1.807) is 19.9 Å². The van der Waals surface area contributed by atoms with Crippen LogP contribution in [0.1, 0.15) is 33.9 Å². The Kier molecular flexibility index (Phi) is 6.69. The Hall–Kier alpha value is -2.97. The SMILES string of the molecule is CCOC(=O)c1sc(-c2ccccc2)cc1NC(=O)c1cccc(S(=O)(=O)CC)c1.